The van der Waals surface area contributed by atoms with E-state index in [-0.39, 0.29) is 10.9 Å². The van der Waals surface area contributed by atoms with E-state index in [2.05, 4.69) is 5.32 Å². The zero-order valence-electron chi connectivity index (χ0n) is 9.89. The van der Waals surface area contributed by atoms with Crippen molar-refractivity contribution in [1.29, 1.82) is 0 Å². The first kappa shape index (κ1) is 13.0. The third kappa shape index (κ3) is 2.69. The van der Waals surface area contributed by atoms with E-state index in [9.17, 15) is 17.6 Å². The number of halogens is 1. The molecular weight excluding hydrogens is 257 g/mol. The van der Waals surface area contributed by atoms with Crippen molar-refractivity contribution in [2.24, 2.45) is 0 Å². The molecule has 0 bridgehead atoms. The number of hydrogen-bond acceptors (Lipinski definition) is 3. The van der Waals surface area contributed by atoms with Crippen molar-refractivity contribution in [3.8, 4) is 0 Å². The van der Waals surface area contributed by atoms with E-state index in [0.29, 0.717) is 0 Å². The van der Waals surface area contributed by atoms with Crippen molar-refractivity contribution in [3.05, 3.63) is 30.1 Å². The van der Waals surface area contributed by atoms with Crippen molar-refractivity contribution in [3.63, 3.8) is 0 Å². The second-order valence-corrected chi connectivity index (χ2v) is 6.69. The molecule has 1 atom stereocenters. The molecule has 0 saturated heterocycles. The highest BCUT2D eigenvalue weighted by Gasteiger charge is 2.33. The Labute approximate surface area is 105 Å². The molecule has 1 fully saturated rings. The predicted molar refractivity (Wildman–Crippen MR) is 64.2 cm³/mol. The van der Waals surface area contributed by atoms with Gasteiger partial charge in [0, 0.05) is 6.04 Å². The summed E-state index contributed by atoms with van der Waals surface area (Å²) in [6.45, 7) is 1.34. The Morgan fingerprint density at radius 1 is 1.33 bits per heavy atom. The van der Waals surface area contributed by atoms with Crippen molar-refractivity contribution in [1.82, 2.24) is 5.32 Å². The number of amides is 1. The molecule has 98 valence electrons. The molecule has 1 unspecified atom stereocenters. The number of nitrogens with one attached hydrogen (secondary N) is 1. The third-order valence-corrected chi connectivity index (χ3v) is 4.97. The highest BCUT2D eigenvalue weighted by molar-refractivity contribution is 7.92. The second-order valence-electron chi connectivity index (χ2n) is 4.42. The van der Waals surface area contributed by atoms with E-state index in [1.807, 2.05) is 0 Å². The molecule has 0 spiro atoms. The molecule has 0 heterocycles. The minimum atomic E-state index is -3.75. The van der Waals surface area contributed by atoms with Gasteiger partial charge in [-0.1, -0.05) is 0 Å². The van der Waals surface area contributed by atoms with Gasteiger partial charge in [0.15, 0.2) is 9.84 Å². The molecule has 1 aromatic rings. The molecule has 1 aromatic carbocycles. The van der Waals surface area contributed by atoms with Crippen LogP contribution in [0.1, 0.15) is 19.8 Å². The quantitative estimate of drug-likeness (QED) is 0.839. The number of sulfone groups is 1. The van der Waals surface area contributed by atoms with Crippen molar-refractivity contribution >= 4 is 15.7 Å². The van der Waals surface area contributed by atoms with Gasteiger partial charge in [-0.25, -0.2) is 12.8 Å². The van der Waals surface area contributed by atoms with E-state index in [1.165, 1.54) is 19.1 Å². The van der Waals surface area contributed by atoms with Crippen LogP contribution in [0.5, 0.6) is 0 Å². The number of rotatable bonds is 4. The number of carbonyl (C=O) groups excluding carboxylic acids is 1. The first-order valence-electron chi connectivity index (χ1n) is 5.71. The summed E-state index contributed by atoms with van der Waals surface area (Å²) >= 11 is 0. The van der Waals surface area contributed by atoms with Gasteiger partial charge in [-0.05, 0) is 44.0 Å². The molecule has 1 aliphatic carbocycles. The lowest BCUT2D eigenvalue weighted by Gasteiger charge is -2.12. The third-order valence-electron chi connectivity index (χ3n) is 2.90. The summed E-state index contributed by atoms with van der Waals surface area (Å²) in [5, 5.41) is 1.49. The summed E-state index contributed by atoms with van der Waals surface area (Å²) in [4.78, 5) is 11.7. The van der Waals surface area contributed by atoms with Crippen LogP contribution in [0, 0.1) is 5.82 Å². The van der Waals surface area contributed by atoms with Crippen LogP contribution in [0.15, 0.2) is 29.2 Å². The van der Waals surface area contributed by atoms with E-state index in [0.717, 1.165) is 25.0 Å². The van der Waals surface area contributed by atoms with Gasteiger partial charge in [0.25, 0.3) is 0 Å². The Morgan fingerprint density at radius 2 is 1.89 bits per heavy atom. The van der Waals surface area contributed by atoms with Gasteiger partial charge >= 0.3 is 0 Å². The largest absolute Gasteiger partial charge is 0.352 e. The summed E-state index contributed by atoms with van der Waals surface area (Å²) in [6, 6.07) is 4.59. The minimum Gasteiger partial charge on any atom is -0.352 e. The van der Waals surface area contributed by atoms with Crippen LogP contribution in [0.4, 0.5) is 4.39 Å². The van der Waals surface area contributed by atoms with Gasteiger partial charge in [-0.2, -0.15) is 0 Å². The molecule has 0 radical (unpaired) electrons. The summed E-state index contributed by atoms with van der Waals surface area (Å²) < 4.78 is 36.9. The molecule has 6 heteroatoms. The fourth-order valence-corrected chi connectivity index (χ4v) is 2.79. The number of benzene rings is 1. The summed E-state index contributed by atoms with van der Waals surface area (Å²) in [5.74, 6) is -1.01. The van der Waals surface area contributed by atoms with Crippen LogP contribution in [-0.4, -0.2) is 25.6 Å². The van der Waals surface area contributed by atoms with Gasteiger partial charge < -0.3 is 5.32 Å². The SMILES string of the molecule is CC(C(=O)NC1CC1)S(=O)(=O)c1ccc(F)cc1. The maximum absolute atomic E-state index is 12.7. The zero-order chi connectivity index (χ0) is 13.3. The van der Waals surface area contributed by atoms with Gasteiger partial charge in [-0.15, -0.1) is 0 Å². The Kier molecular flexibility index (Phi) is 3.38. The molecule has 4 nitrogen and oxygen atoms in total. The second kappa shape index (κ2) is 4.68. The topological polar surface area (TPSA) is 63.2 Å². The molecule has 0 aromatic heterocycles. The molecule has 1 N–H and O–H groups in total. The molecule has 18 heavy (non-hydrogen) atoms. The number of hydrogen-bond donors (Lipinski definition) is 1. The van der Waals surface area contributed by atoms with Crippen LogP contribution in [0.25, 0.3) is 0 Å². The van der Waals surface area contributed by atoms with Gasteiger partial charge in [0.05, 0.1) is 4.90 Å². The Bertz CT molecular complexity index is 549. The first-order chi connectivity index (χ1) is 8.41. The maximum atomic E-state index is 12.7. The molecule has 1 saturated carbocycles. The zero-order valence-corrected chi connectivity index (χ0v) is 10.7. The summed E-state index contributed by atoms with van der Waals surface area (Å²) in [6.07, 6.45) is 1.80. The van der Waals surface area contributed by atoms with Gasteiger partial charge in [0.1, 0.15) is 11.1 Å². The maximum Gasteiger partial charge on any atom is 0.238 e. The number of carbonyl (C=O) groups is 1. The van der Waals surface area contributed by atoms with Crippen LogP contribution < -0.4 is 5.32 Å². The highest BCUT2D eigenvalue weighted by atomic mass is 32.2. The van der Waals surface area contributed by atoms with E-state index in [4.69, 9.17) is 0 Å². The van der Waals surface area contributed by atoms with Gasteiger partial charge in [0.2, 0.25) is 5.91 Å². The van der Waals surface area contributed by atoms with Crippen LogP contribution in [-0.2, 0) is 14.6 Å². The Balaban J connectivity index is 2.18. The summed E-state index contributed by atoms with van der Waals surface area (Å²) in [7, 11) is -3.75. The summed E-state index contributed by atoms with van der Waals surface area (Å²) in [5.41, 5.74) is 0. The monoisotopic (exact) mass is 271 g/mol. The van der Waals surface area contributed by atoms with Crippen molar-refractivity contribution < 1.29 is 17.6 Å². The smallest absolute Gasteiger partial charge is 0.238 e. The fraction of sp³-hybridized carbons (Fsp3) is 0.417. The highest BCUT2D eigenvalue weighted by Crippen LogP contribution is 2.21. The lowest BCUT2D eigenvalue weighted by Crippen LogP contribution is -2.39. The molecule has 1 aliphatic rings. The van der Waals surface area contributed by atoms with E-state index < -0.39 is 26.8 Å². The normalized spacial score (nSPS) is 17.2. The molecule has 2 rings (SSSR count). The predicted octanol–water partition coefficient (Wildman–Crippen LogP) is 1.27. The van der Waals surface area contributed by atoms with Gasteiger partial charge in [-0.3, -0.25) is 4.79 Å². The molecular formula is C12H14FNO3S. The minimum absolute atomic E-state index is 0.0395. The fourth-order valence-electron chi connectivity index (χ4n) is 1.52. The first-order valence-corrected chi connectivity index (χ1v) is 7.26. The van der Waals surface area contributed by atoms with Crippen molar-refractivity contribution in [2.45, 2.75) is 36.0 Å². The van der Waals surface area contributed by atoms with Crippen LogP contribution in [0.2, 0.25) is 0 Å². The van der Waals surface area contributed by atoms with Crippen molar-refractivity contribution in [2.75, 3.05) is 0 Å². The average molecular weight is 271 g/mol. The molecule has 1 amide bonds. The lowest BCUT2D eigenvalue weighted by atomic mass is 10.3. The van der Waals surface area contributed by atoms with Crippen LogP contribution in [0.3, 0.4) is 0 Å². The van der Waals surface area contributed by atoms with E-state index in [1.54, 1.807) is 0 Å². The lowest BCUT2D eigenvalue weighted by molar-refractivity contribution is -0.120. The standard InChI is InChI=1S/C12H14FNO3S/c1-8(12(15)14-10-4-5-10)18(16,17)11-6-2-9(13)3-7-11/h2-3,6-8,10H,4-5H2,1H3,(H,14,15). The molecule has 0 aliphatic heterocycles. The Morgan fingerprint density at radius 3 is 2.39 bits per heavy atom. The van der Waals surface area contributed by atoms with Crippen LogP contribution >= 0.6 is 0 Å². The average Bonchev–Trinajstić information content (AvgIpc) is 3.12. The van der Waals surface area contributed by atoms with E-state index >= 15 is 0 Å². The Hall–Kier alpha value is -1.43.